The zero-order valence-electron chi connectivity index (χ0n) is 11.1. The van der Waals surface area contributed by atoms with Gasteiger partial charge in [-0.05, 0) is 28.4 Å². The Balaban J connectivity index is 2.17. The first-order valence-electron chi connectivity index (χ1n) is 6.27. The molecule has 1 atom stereocenters. The average Bonchev–Trinajstić information content (AvgIpc) is 2.96. The third kappa shape index (κ3) is 3.62. The highest BCUT2D eigenvalue weighted by molar-refractivity contribution is 9.10. The van der Waals surface area contributed by atoms with Gasteiger partial charge in [-0.2, -0.15) is 0 Å². The zero-order valence-corrected chi connectivity index (χ0v) is 13.5. The van der Waals surface area contributed by atoms with Crippen molar-refractivity contribution in [3.63, 3.8) is 0 Å². The van der Waals surface area contributed by atoms with Gasteiger partial charge < -0.3 is 14.6 Å². The van der Waals surface area contributed by atoms with Crippen molar-refractivity contribution in [3.05, 3.63) is 22.4 Å². The van der Waals surface area contributed by atoms with Crippen LogP contribution in [0.25, 0.3) is 0 Å². The van der Waals surface area contributed by atoms with Gasteiger partial charge in [0.05, 0.1) is 18.1 Å². The number of ether oxygens (including phenoxy) is 1. The molecular weight excluding hydrogens is 348 g/mol. The monoisotopic (exact) mass is 364 g/mol. The van der Waals surface area contributed by atoms with E-state index in [0.717, 1.165) is 4.47 Å². The topological polar surface area (TPSA) is 79.5 Å². The number of rotatable bonds is 5. The Hall–Kier alpha value is -0.860. The van der Waals surface area contributed by atoms with Crippen molar-refractivity contribution in [1.82, 2.24) is 9.88 Å². The maximum atomic E-state index is 12.5. The van der Waals surface area contributed by atoms with Crippen molar-refractivity contribution in [2.75, 3.05) is 31.8 Å². The molecule has 1 aromatic heterocycles. The number of aromatic nitrogens is 1. The molecular formula is C12H17BrN2O4S. The van der Waals surface area contributed by atoms with E-state index in [4.69, 9.17) is 4.74 Å². The molecule has 1 unspecified atom stereocenters. The molecule has 1 aliphatic rings. The Morgan fingerprint density at radius 1 is 1.60 bits per heavy atom. The smallest absolute Gasteiger partial charge is 0.270 e. The molecule has 0 saturated carbocycles. The van der Waals surface area contributed by atoms with E-state index < -0.39 is 9.84 Å². The van der Waals surface area contributed by atoms with E-state index in [2.05, 4.69) is 20.9 Å². The Kier molecular flexibility index (Phi) is 4.87. The van der Waals surface area contributed by atoms with Gasteiger partial charge in [-0.1, -0.05) is 0 Å². The lowest BCUT2D eigenvalue weighted by Crippen LogP contribution is -2.43. The minimum absolute atomic E-state index is 0.0321. The van der Waals surface area contributed by atoms with Crippen LogP contribution in [0.2, 0.25) is 0 Å². The van der Waals surface area contributed by atoms with Crippen LogP contribution in [0.15, 0.2) is 16.7 Å². The summed E-state index contributed by atoms with van der Waals surface area (Å²) < 4.78 is 29.0. The second-order valence-electron chi connectivity index (χ2n) is 4.78. The van der Waals surface area contributed by atoms with Crippen molar-refractivity contribution >= 4 is 31.7 Å². The van der Waals surface area contributed by atoms with E-state index in [9.17, 15) is 13.2 Å². The third-order valence-electron chi connectivity index (χ3n) is 3.32. The quantitative estimate of drug-likeness (QED) is 0.846. The second kappa shape index (κ2) is 6.28. The molecule has 1 N–H and O–H groups in total. The molecule has 1 aromatic rings. The number of methoxy groups -OCH3 is 1. The summed E-state index contributed by atoms with van der Waals surface area (Å²) >= 11 is 3.28. The molecule has 1 amide bonds. The summed E-state index contributed by atoms with van der Waals surface area (Å²) in [6.45, 7) is 0.760. The molecule has 1 aliphatic heterocycles. The summed E-state index contributed by atoms with van der Waals surface area (Å²) in [7, 11) is -1.48. The first-order valence-corrected chi connectivity index (χ1v) is 8.88. The largest absolute Gasteiger partial charge is 0.383 e. The number of H-pyrrole nitrogens is 1. The molecule has 6 nitrogen and oxygen atoms in total. The van der Waals surface area contributed by atoms with Gasteiger partial charge in [-0.3, -0.25) is 4.79 Å². The van der Waals surface area contributed by atoms with E-state index in [1.165, 1.54) is 0 Å². The van der Waals surface area contributed by atoms with Gasteiger partial charge >= 0.3 is 0 Å². The first-order chi connectivity index (χ1) is 9.43. The Labute approximate surface area is 126 Å². The number of nitrogens with one attached hydrogen (secondary N) is 1. The summed E-state index contributed by atoms with van der Waals surface area (Å²) in [5.41, 5.74) is 0.442. The van der Waals surface area contributed by atoms with Crippen LogP contribution in [0.3, 0.4) is 0 Å². The standard InChI is InChI=1S/C12H17BrN2O4S/c1-19-4-3-15(10-2-5-20(17,18)8-10)12(16)11-6-9(13)7-14-11/h6-7,10,14H,2-5,8H2,1H3. The van der Waals surface area contributed by atoms with E-state index in [0.29, 0.717) is 25.3 Å². The summed E-state index contributed by atoms with van der Waals surface area (Å²) in [6.07, 6.45) is 2.16. The molecule has 112 valence electrons. The van der Waals surface area contributed by atoms with Crippen molar-refractivity contribution in [2.45, 2.75) is 12.5 Å². The predicted octanol–water partition coefficient (Wildman–Crippen LogP) is 1.05. The lowest BCUT2D eigenvalue weighted by molar-refractivity contribution is 0.0619. The zero-order chi connectivity index (χ0) is 14.8. The van der Waals surface area contributed by atoms with Gasteiger partial charge in [0.1, 0.15) is 5.69 Å². The van der Waals surface area contributed by atoms with Crippen molar-refractivity contribution in [2.24, 2.45) is 0 Å². The summed E-state index contributed by atoms with van der Waals surface area (Å²) in [4.78, 5) is 17.0. The normalized spacial score (nSPS) is 21.0. The van der Waals surface area contributed by atoms with Gasteiger partial charge in [-0.25, -0.2) is 8.42 Å². The number of aromatic amines is 1. The number of carbonyl (C=O) groups is 1. The van der Waals surface area contributed by atoms with Crippen LogP contribution in [-0.4, -0.2) is 62.0 Å². The molecule has 0 aliphatic carbocycles. The van der Waals surface area contributed by atoms with Gasteiger partial charge in [-0.15, -0.1) is 0 Å². The molecule has 20 heavy (non-hydrogen) atoms. The van der Waals surface area contributed by atoms with Crippen molar-refractivity contribution < 1.29 is 17.9 Å². The number of carbonyl (C=O) groups excluding carboxylic acids is 1. The molecule has 1 saturated heterocycles. The van der Waals surface area contributed by atoms with Gasteiger partial charge in [0.25, 0.3) is 5.91 Å². The summed E-state index contributed by atoms with van der Waals surface area (Å²) in [6, 6.07) is 1.41. The highest BCUT2D eigenvalue weighted by atomic mass is 79.9. The summed E-state index contributed by atoms with van der Waals surface area (Å²) in [5, 5.41) is 0. The molecule has 0 aromatic carbocycles. The maximum absolute atomic E-state index is 12.5. The van der Waals surface area contributed by atoms with Gasteiger partial charge in [0, 0.05) is 30.4 Å². The molecule has 2 rings (SSSR count). The third-order valence-corrected chi connectivity index (χ3v) is 5.53. The van der Waals surface area contributed by atoms with Crippen LogP contribution in [0, 0.1) is 0 Å². The average molecular weight is 365 g/mol. The van der Waals surface area contributed by atoms with Crippen LogP contribution in [0.1, 0.15) is 16.9 Å². The minimum Gasteiger partial charge on any atom is -0.383 e. The molecule has 1 fully saturated rings. The fraction of sp³-hybridized carbons (Fsp3) is 0.583. The van der Waals surface area contributed by atoms with Gasteiger partial charge in [0.15, 0.2) is 9.84 Å². The number of nitrogens with zero attached hydrogens (tertiary/aromatic N) is 1. The van der Waals surface area contributed by atoms with Crippen LogP contribution >= 0.6 is 15.9 Å². The van der Waals surface area contributed by atoms with Crippen LogP contribution < -0.4 is 0 Å². The predicted molar refractivity (Wildman–Crippen MR) is 78.5 cm³/mol. The number of hydrogen-bond acceptors (Lipinski definition) is 4. The van der Waals surface area contributed by atoms with Crippen LogP contribution in [0.4, 0.5) is 0 Å². The van der Waals surface area contributed by atoms with E-state index in [1.54, 1.807) is 24.3 Å². The molecule has 0 radical (unpaired) electrons. The molecule has 0 bridgehead atoms. The number of amides is 1. The van der Waals surface area contributed by atoms with Crippen molar-refractivity contribution in [1.29, 1.82) is 0 Å². The van der Waals surface area contributed by atoms with Crippen molar-refractivity contribution in [3.8, 4) is 0 Å². The fourth-order valence-corrected chi connectivity index (χ4v) is 4.38. The molecule has 8 heteroatoms. The van der Waals surface area contributed by atoms with E-state index >= 15 is 0 Å². The Bertz CT molecular complexity index is 584. The summed E-state index contributed by atoms with van der Waals surface area (Å²) in [5.74, 6) is -0.0254. The minimum atomic E-state index is -3.03. The van der Waals surface area contributed by atoms with Crippen LogP contribution in [0.5, 0.6) is 0 Å². The number of hydrogen-bond donors (Lipinski definition) is 1. The lowest BCUT2D eigenvalue weighted by atomic mass is 10.2. The highest BCUT2D eigenvalue weighted by Gasteiger charge is 2.35. The fourth-order valence-electron chi connectivity index (χ4n) is 2.31. The maximum Gasteiger partial charge on any atom is 0.270 e. The SMILES string of the molecule is COCCN(C(=O)c1cc(Br)c[nH]1)C1CCS(=O)(=O)C1. The van der Waals surface area contributed by atoms with E-state index in [1.807, 2.05) is 0 Å². The molecule has 2 heterocycles. The molecule has 0 spiro atoms. The number of halogens is 1. The lowest BCUT2D eigenvalue weighted by Gasteiger charge is -2.27. The Morgan fingerprint density at radius 3 is 2.85 bits per heavy atom. The van der Waals surface area contributed by atoms with E-state index in [-0.39, 0.29) is 23.5 Å². The Morgan fingerprint density at radius 2 is 2.35 bits per heavy atom. The number of sulfone groups is 1. The second-order valence-corrected chi connectivity index (χ2v) is 7.92. The van der Waals surface area contributed by atoms with Crippen LogP contribution in [-0.2, 0) is 14.6 Å². The first kappa shape index (κ1) is 15.5. The van der Waals surface area contributed by atoms with Gasteiger partial charge in [0.2, 0.25) is 0 Å². The highest BCUT2D eigenvalue weighted by Crippen LogP contribution is 2.20.